The van der Waals surface area contributed by atoms with Crippen LogP contribution in [0.25, 0.3) is 0 Å². The Hall–Kier alpha value is -0.820. The van der Waals surface area contributed by atoms with Crippen LogP contribution in [-0.4, -0.2) is 6.54 Å². The highest BCUT2D eigenvalue weighted by Gasteiger charge is 2.38. The van der Waals surface area contributed by atoms with Gasteiger partial charge in [-0.25, -0.2) is 0 Å². The summed E-state index contributed by atoms with van der Waals surface area (Å²) >= 11 is 0. The fourth-order valence-electron chi connectivity index (χ4n) is 4.58. The number of rotatable bonds is 0. The van der Waals surface area contributed by atoms with Gasteiger partial charge in [-0.05, 0) is 66.7 Å². The first-order valence-corrected chi connectivity index (χ1v) is 7.26. The molecule has 2 aliphatic carbocycles. The Morgan fingerprint density at radius 2 is 2.12 bits per heavy atom. The van der Waals surface area contributed by atoms with Gasteiger partial charge in [0.15, 0.2) is 0 Å². The molecule has 0 spiro atoms. The molecule has 1 aliphatic heterocycles. The molecule has 1 saturated carbocycles. The molecular weight excluding hydrogens is 206 g/mol. The number of nitrogens with one attached hydrogen (secondary N) is 1. The summed E-state index contributed by atoms with van der Waals surface area (Å²) in [7, 11) is 0. The Morgan fingerprint density at radius 1 is 1.12 bits per heavy atom. The van der Waals surface area contributed by atoms with Gasteiger partial charge in [0.25, 0.3) is 0 Å². The van der Waals surface area contributed by atoms with Crippen molar-refractivity contribution in [3.05, 3.63) is 34.9 Å². The van der Waals surface area contributed by atoms with Crippen molar-refractivity contribution in [3.63, 3.8) is 0 Å². The summed E-state index contributed by atoms with van der Waals surface area (Å²) in [6.45, 7) is 2.30. The van der Waals surface area contributed by atoms with Gasteiger partial charge in [0.05, 0.1) is 0 Å². The Kier molecular flexibility index (Phi) is 2.29. The van der Waals surface area contributed by atoms with E-state index in [1.807, 2.05) is 0 Å². The zero-order valence-electron chi connectivity index (χ0n) is 10.4. The molecule has 1 heteroatoms. The fourth-order valence-corrected chi connectivity index (χ4v) is 4.58. The van der Waals surface area contributed by atoms with Gasteiger partial charge in [-0.1, -0.05) is 24.6 Å². The van der Waals surface area contributed by atoms with Gasteiger partial charge >= 0.3 is 0 Å². The van der Waals surface area contributed by atoms with Crippen LogP contribution in [0.4, 0.5) is 0 Å². The summed E-state index contributed by atoms with van der Waals surface area (Å²) in [5.41, 5.74) is 5.07. The zero-order chi connectivity index (χ0) is 11.2. The molecule has 1 aromatic carbocycles. The van der Waals surface area contributed by atoms with E-state index in [-0.39, 0.29) is 0 Å². The number of fused-ring (bicyclic) bond motifs is 2. The van der Waals surface area contributed by atoms with Gasteiger partial charge < -0.3 is 5.32 Å². The first-order valence-electron chi connectivity index (χ1n) is 7.26. The second-order valence-corrected chi connectivity index (χ2v) is 6.12. The minimum absolute atomic E-state index is 0.857. The van der Waals surface area contributed by atoms with E-state index in [1.54, 1.807) is 16.7 Å². The molecule has 3 aliphatic rings. The molecule has 4 rings (SSSR count). The van der Waals surface area contributed by atoms with Crippen molar-refractivity contribution in [1.82, 2.24) is 5.32 Å². The maximum atomic E-state index is 3.59. The lowest BCUT2D eigenvalue weighted by atomic mass is 9.70. The van der Waals surface area contributed by atoms with Crippen molar-refractivity contribution < 1.29 is 0 Å². The highest BCUT2D eigenvalue weighted by Crippen LogP contribution is 2.52. The largest absolute Gasteiger partial charge is 0.313 e. The Morgan fingerprint density at radius 3 is 3.12 bits per heavy atom. The summed E-state index contributed by atoms with van der Waals surface area (Å²) < 4.78 is 0. The van der Waals surface area contributed by atoms with Gasteiger partial charge in [-0.2, -0.15) is 0 Å². The molecule has 1 nitrogen and oxygen atoms in total. The molecule has 1 heterocycles. The second-order valence-electron chi connectivity index (χ2n) is 6.12. The normalized spacial score (nSPS) is 34.9. The van der Waals surface area contributed by atoms with E-state index >= 15 is 0 Å². The van der Waals surface area contributed by atoms with E-state index in [2.05, 4.69) is 23.5 Å². The molecule has 1 aromatic rings. The summed E-state index contributed by atoms with van der Waals surface area (Å²) in [6, 6.07) is 7.07. The number of benzene rings is 1. The van der Waals surface area contributed by atoms with Gasteiger partial charge in [-0.15, -0.1) is 0 Å². The molecule has 0 aromatic heterocycles. The molecular formula is C16H21N. The first kappa shape index (κ1) is 10.1. The minimum atomic E-state index is 0.857. The lowest BCUT2D eigenvalue weighted by Gasteiger charge is -2.35. The Balaban J connectivity index is 1.88. The van der Waals surface area contributed by atoms with Crippen LogP contribution in [0, 0.1) is 5.92 Å². The monoisotopic (exact) mass is 227 g/mol. The molecule has 0 bridgehead atoms. The lowest BCUT2D eigenvalue weighted by Crippen LogP contribution is -2.21. The van der Waals surface area contributed by atoms with E-state index in [0.29, 0.717) is 0 Å². The SMILES string of the molecule is c1cc2c3c(c1)C1CCCC1C[C@H]3CCNC2. The maximum Gasteiger partial charge on any atom is 0.0208 e. The highest BCUT2D eigenvalue weighted by atomic mass is 14.9. The smallest absolute Gasteiger partial charge is 0.0208 e. The Bertz CT molecular complexity index is 437. The van der Waals surface area contributed by atoms with Gasteiger partial charge in [0.1, 0.15) is 0 Å². The minimum Gasteiger partial charge on any atom is -0.313 e. The molecule has 17 heavy (non-hydrogen) atoms. The summed E-state index contributed by atoms with van der Waals surface area (Å²) in [6.07, 6.45) is 7.22. The highest BCUT2D eigenvalue weighted by molar-refractivity contribution is 5.43. The van der Waals surface area contributed by atoms with Crippen molar-refractivity contribution in [1.29, 1.82) is 0 Å². The second kappa shape index (κ2) is 3.84. The molecule has 0 amide bonds. The van der Waals surface area contributed by atoms with Crippen LogP contribution in [0.5, 0.6) is 0 Å². The van der Waals surface area contributed by atoms with E-state index in [4.69, 9.17) is 0 Å². The van der Waals surface area contributed by atoms with Crippen LogP contribution in [0.15, 0.2) is 18.2 Å². The van der Waals surface area contributed by atoms with E-state index in [9.17, 15) is 0 Å². The van der Waals surface area contributed by atoms with Crippen LogP contribution in [0.2, 0.25) is 0 Å². The summed E-state index contributed by atoms with van der Waals surface area (Å²) in [4.78, 5) is 0. The van der Waals surface area contributed by atoms with Crippen molar-refractivity contribution in [3.8, 4) is 0 Å². The zero-order valence-corrected chi connectivity index (χ0v) is 10.4. The molecule has 2 unspecified atom stereocenters. The van der Waals surface area contributed by atoms with Crippen molar-refractivity contribution in [2.75, 3.05) is 6.54 Å². The summed E-state index contributed by atoms with van der Waals surface area (Å²) in [5, 5.41) is 3.59. The quantitative estimate of drug-likeness (QED) is 0.714. The summed E-state index contributed by atoms with van der Waals surface area (Å²) in [5.74, 6) is 2.76. The van der Waals surface area contributed by atoms with Crippen LogP contribution in [0.3, 0.4) is 0 Å². The standard InChI is InChI=1S/C16H21N/c1-3-11-9-12-7-8-17-10-13-4-2-6-15(16(12)13)14(11)5-1/h2,4,6,11-12,14,17H,1,3,5,7-10H2/t11?,12-,14?/m1/s1. The maximum absolute atomic E-state index is 3.59. The predicted octanol–water partition coefficient (Wildman–Crippen LogP) is 3.55. The van der Waals surface area contributed by atoms with Crippen molar-refractivity contribution >= 4 is 0 Å². The predicted molar refractivity (Wildman–Crippen MR) is 70.2 cm³/mol. The van der Waals surface area contributed by atoms with Crippen molar-refractivity contribution in [2.45, 2.75) is 50.5 Å². The van der Waals surface area contributed by atoms with E-state index < -0.39 is 0 Å². The fraction of sp³-hybridized carbons (Fsp3) is 0.625. The number of hydrogen-bond donors (Lipinski definition) is 1. The van der Waals surface area contributed by atoms with Gasteiger partial charge in [0, 0.05) is 6.54 Å². The number of hydrogen-bond acceptors (Lipinski definition) is 1. The van der Waals surface area contributed by atoms with Gasteiger partial charge in [0.2, 0.25) is 0 Å². The lowest BCUT2D eigenvalue weighted by molar-refractivity contribution is 0.364. The average molecular weight is 227 g/mol. The van der Waals surface area contributed by atoms with Crippen LogP contribution < -0.4 is 5.32 Å². The third kappa shape index (κ3) is 1.48. The molecule has 0 saturated heterocycles. The average Bonchev–Trinajstić information content (AvgIpc) is 2.73. The third-order valence-corrected chi connectivity index (χ3v) is 5.27. The van der Waals surface area contributed by atoms with Gasteiger partial charge in [-0.3, -0.25) is 0 Å². The molecule has 0 radical (unpaired) electrons. The molecule has 3 atom stereocenters. The van der Waals surface area contributed by atoms with Crippen LogP contribution in [-0.2, 0) is 6.54 Å². The topological polar surface area (TPSA) is 12.0 Å². The van der Waals surface area contributed by atoms with E-state index in [1.165, 1.54) is 38.6 Å². The third-order valence-electron chi connectivity index (χ3n) is 5.27. The van der Waals surface area contributed by atoms with Crippen molar-refractivity contribution in [2.24, 2.45) is 5.92 Å². The first-order chi connectivity index (χ1) is 8.43. The molecule has 90 valence electrons. The molecule has 1 fully saturated rings. The van der Waals surface area contributed by atoms with Crippen LogP contribution >= 0.6 is 0 Å². The Labute approximate surface area is 104 Å². The van der Waals surface area contributed by atoms with E-state index in [0.717, 1.165) is 24.3 Å². The molecule has 1 N–H and O–H groups in total. The van der Waals surface area contributed by atoms with Crippen LogP contribution in [0.1, 0.15) is 60.6 Å².